The minimum Gasteiger partial charge on any atom is -0.486 e. The van der Waals surface area contributed by atoms with E-state index in [1.54, 1.807) is 6.07 Å². The Kier molecular flexibility index (Phi) is 5.73. The molecule has 1 aromatic heterocycles. The number of hydrogen-bond donors (Lipinski definition) is 1. The summed E-state index contributed by atoms with van der Waals surface area (Å²) in [4.78, 5) is 26.4. The lowest BCUT2D eigenvalue weighted by molar-refractivity contribution is 0.0736. The zero-order valence-electron chi connectivity index (χ0n) is 18.9. The van der Waals surface area contributed by atoms with Gasteiger partial charge in [0.15, 0.2) is 11.5 Å². The Hall–Kier alpha value is -3.81. The first-order chi connectivity index (χ1) is 16.1. The number of amides is 1. The van der Waals surface area contributed by atoms with Gasteiger partial charge in [0.1, 0.15) is 30.7 Å². The largest absolute Gasteiger partial charge is 0.486 e. The maximum Gasteiger partial charge on any atom is 0.257 e. The molecule has 0 saturated carbocycles. The molecule has 5 rings (SSSR count). The number of carbonyl (C=O) groups is 1. The topological polar surface area (TPSA) is 79.8 Å². The zero-order valence-corrected chi connectivity index (χ0v) is 18.9. The van der Waals surface area contributed by atoms with Crippen molar-refractivity contribution in [3.8, 4) is 11.5 Å². The van der Waals surface area contributed by atoms with E-state index in [0.29, 0.717) is 62.3 Å². The number of carbonyl (C=O) groups excluding carboxylic acids is 1. The Labute approximate surface area is 193 Å². The zero-order chi connectivity index (χ0) is 22.8. The molecule has 0 atom stereocenters. The lowest BCUT2D eigenvalue weighted by Crippen LogP contribution is -2.49. The van der Waals surface area contributed by atoms with Gasteiger partial charge in [0.2, 0.25) is 0 Å². The Balaban J connectivity index is 1.27. The molecule has 0 bridgehead atoms. The minimum absolute atomic E-state index is 0.0300. The summed E-state index contributed by atoms with van der Waals surface area (Å²) in [5.41, 5.74) is 2.75. The van der Waals surface area contributed by atoms with E-state index in [2.05, 4.69) is 39.2 Å². The van der Waals surface area contributed by atoms with Gasteiger partial charge in [0.05, 0.1) is 5.56 Å². The van der Waals surface area contributed by atoms with Crippen LogP contribution < -0.4 is 19.7 Å². The van der Waals surface area contributed by atoms with Crippen LogP contribution in [-0.4, -0.2) is 60.2 Å². The van der Waals surface area contributed by atoms with Crippen molar-refractivity contribution in [2.75, 3.05) is 49.6 Å². The number of ether oxygens (including phenoxy) is 2. The number of nitrogens with one attached hydrogen (secondary N) is 1. The van der Waals surface area contributed by atoms with E-state index in [4.69, 9.17) is 9.47 Å². The molecule has 1 amide bonds. The van der Waals surface area contributed by atoms with Crippen LogP contribution in [0.5, 0.6) is 11.5 Å². The molecule has 2 aliphatic heterocycles. The van der Waals surface area contributed by atoms with E-state index in [9.17, 15) is 4.79 Å². The highest BCUT2D eigenvalue weighted by Crippen LogP contribution is 2.34. The molecule has 1 saturated heterocycles. The molecule has 0 spiro atoms. The summed E-state index contributed by atoms with van der Waals surface area (Å²) in [5, 5.41) is 3.36. The van der Waals surface area contributed by atoms with Crippen molar-refractivity contribution in [2.45, 2.75) is 13.8 Å². The van der Waals surface area contributed by atoms with Gasteiger partial charge in [-0.2, -0.15) is 0 Å². The van der Waals surface area contributed by atoms with Crippen LogP contribution in [0.4, 0.5) is 17.3 Å². The normalized spacial score (nSPS) is 15.3. The van der Waals surface area contributed by atoms with Crippen LogP contribution in [0.1, 0.15) is 21.7 Å². The predicted octanol–water partition coefficient (Wildman–Crippen LogP) is 3.57. The van der Waals surface area contributed by atoms with Gasteiger partial charge in [0.25, 0.3) is 5.91 Å². The molecule has 2 aliphatic rings. The standard InChI is InChI=1S/C25H27N5O3/c1-17-6-8-19(9-7-17)28-22-16-23(27-18(2)26-22)29-10-12-30(13-11-29)25(31)20-4-3-5-21-24(20)33-15-14-32-21/h3-9,16H,10-15H2,1-2H3,(H,26,27,28). The SMILES string of the molecule is Cc1ccc(Nc2cc(N3CCN(C(=O)c4cccc5c4OCCO5)CC3)nc(C)n2)cc1. The van der Waals surface area contributed by atoms with Crippen LogP contribution >= 0.6 is 0 Å². The Morgan fingerprint density at radius 2 is 1.70 bits per heavy atom. The van der Waals surface area contributed by atoms with Crippen molar-refractivity contribution in [2.24, 2.45) is 0 Å². The average molecular weight is 446 g/mol. The highest BCUT2D eigenvalue weighted by Gasteiger charge is 2.27. The summed E-state index contributed by atoms with van der Waals surface area (Å²) in [6.45, 7) is 7.51. The second-order valence-electron chi connectivity index (χ2n) is 8.26. The van der Waals surface area contributed by atoms with E-state index >= 15 is 0 Å². The molecular weight excluding hydrogens is 418 g/mol. The maximum atomic E-state index is 13.2. The molecule has 8 nitrogen and oxygen atoms in total. The molecule has 2 aromatic carbocycles. The predicted molar refractivity (Wildman–Crippen MR) is 127 cm³/mol. The van der Waals surface area contributed by atoms with Crippen LogP contribution in [0.3, 0.4) is 0 Å². The highest BCUT2D eigenvalue weighted by atomic mass is 16.6. The second kappa shape index (κ2) is 8.97. The molecule has 0 radical (unpaired) electrons. The fourth-order valence-corrected chi connectivity index (χ4v) is 4.11. The summed E-state index contributed by atoms with van der Waals surface area (Å²) >= 11 is 0. The van der Waals surface area contributed by atoms with Gasteiger partial charge in [-0.1, -0.05) is 23.8 Å². The first-order valence-electron chi connectivity index (χ1n) is 11.2. The summed E-state index contributed by atoms with van der Waals surface area (Å²) in [5.74, 6) is 3.47. The van der Waals surface area contributed by atoms with Crippen molar-refractivity contribution in [1.82, 2.24) is 14.9 Å². The van der Waals surface area contributed by atoms with Crippen LogP contribution in [0.25, 0.3) is 0 Å². The fourth-order valence-electron chi connectivity index (χ4n) is 4.11. The van der Waals surface area contributed by atoms with Gasteiger partial charge in [0, 0.05) is 37.9 Å². The molecule has 8 heteroatoms. The third-order valence-electron chi connectivity index (χ3n) is 5.84. The number of benzene rings is 2. The third kappa shape index (κ3) is 4.55. The molecule has 3 aromatic rings. The number of nitrogens with zero attached hydrogens (tertiary/aromatic N) is 4. The van der Waals surface area contributed by atoms with Crippen molar-refractivity contribution in [3.05, 3.63) is 65.5 Å². The van der Waals surface area contributed by atoms with Gasteiger partial charge in [-0.25, -0.2) is 9.97 Å². The Bertz CT molecular complexity index is 1160. The summed E-state index contributed by atoms with van der Waals surface area (Å²) in [6, 6.07) is 15.6. The molecular formula is C25H27N5O3. The van der Waals surface area contributed by atoms with Crippen molar-refractivity contribution < 1.29 is 14.3 Å². The Morgan fingerprint density at radius 3 is 2.48 bits per heavy atom. The van der Waals surface area contributed by atoms with Gasteiger partial charge >= 0.3 is 0 Å². The maximum absolute atomic E-state index is 13.2. The molecule has 0 unspecified atom stereocenters. The number of para-hydroxylation sites is 1. The highest BCUT2D eigenvalue weighted by molar-refractivity contribution is 5.98. The van der Waals surface area contributed by atoms with E-state index in [1.165, 1.54) is 5.56 Å². The first-order valence-corrected chi connectivity index (χ1v) is 11.2. The number of piperazine rings is 1. The van der Waals surface area contributed by atoms with Gasteiger partial charge in [-0.15, -0.1) is 0 Å². The summed E-state index contributed by atoms with van der Waals surface area (Å²) < 4.78 is 11.4. The van der Waals surface area contributed by atoms with E-state index in [0.717, 1.165) is 17.3 Å². The number of aryl methyl sites for hydroxylation is 2. The van der Waals surface area contributed by atoms with Crippen LogP contribution in [0, 0.1) is 13.8 Å². The smallest absolute Gasteiger partial charge is 0.257 e. The van der Waals surface area contributed by atoms with Gasteiger partial charge in [-0.05, 0) is 38.1 Å². The van der Waals surface area contributed by atoms with E-state index in [1.807, 2.05) is 42.2 Å². The van der Waals surface area contributed by atoms with Crippen LogP contribution in [-0.2, 0) is 0 Å². The quantitative estimate of drug-likeness (QED) is 0.658. The van der Waals surface area contributed by atoms with E-state index in [-0.39, 0.29) is 5.91 Å². The third-order valence-corrected chi connectivity index (χ3v) is 5.84. The van der Waals surface area contributed by atoms with Crippen LogP contribution in [0.15, 0.2) is 48.5 Å². The van der Waals surface area contributed by atoms with Crippen molar-refractivity contribution in [3.63, 3.8) is 0 Å². The molecule has 0 aliphatic carbocycles. The van der Waals surface area contributed by atoms with Crippen LogP contribution in [0.2, 0.25) is 0 Å². The molecule has 33 heavy (non-hydrogen) atoms. The lowest BCUT2D eigenvalue weighted by atomic mass is 10.1. The second-order valence-corrected chi connectivity index (χ2v) is 8.26. The van der Waals surface area contributed by atoms with Gasteiger partial charge in [-0.3, -0.25) is 4.79 Å². The first kappa shape index (κ1) is 21.1. The molecule has 1 fully saturated rings. The number of aromatic nitrogens is 2. The number of hydrogen-bond acceptors (Lipinski definition) is 7. The number of anilines is 3. The Morgan fingerprint density at radius 1 is 0.939 bits per heavy atom. The molecule has 3 heterocycles. The summed E-state index contributed by atoms with van der Waals surface area (Å²) in [6.07, 6.45) is 0. The minimum atomic E-state index is -0.0300. The van der Waals surface area contributed by atoms with Gasteiger partial charge < -0.3 is 24.6 Å². The molecule has 1 N–H and O–H groups in total. The number of fused-ring (bicyclic) bond motifs is 1. The average Bonchev–Trinajstić information content (AvgIpc) is 2.84. The number of rotatable bonds is 4. The summed E-state index contributed by atoms with van der Waals surface area (Å²) in [7, 11) is 0. The lowest BCUT2D eigenvalue weighted by Gasteiger charge is -2.36. The monoisotopic (exact) mass is 445 g/mol. The molecule has 170 valence electrons. The van der Waals surface area contributed by atoms with Crippen molar-refractivity contribution >= 4 is 23.2 Å². The van der Waals surface area contributed by atoms with E-state index < -0.39 is 0 Å². The fraction of sp³-hybridized carbons (Fsp3) is 0.320. The van der Waals surface area contributed by atoms with Crippen molar-refractivity contribution in [1.29, 1.82) is 0 Å².